The molecule has 0 aliphatic carbocycles. The van der Waals surface area contributed by atoms with Crippen molar-refractivity contribution in [2.75, 3.05) is 13.1 Å². The monoisotopic (exact) mass is 432 g/mol. The van der Waals surface area contributed by atoms with Crippen molar-refractivity contribution in [1.29, 1.82) is 0 Å². The van der Waals surface area contributed by atoms with Gasteiger partial charge in [0.25, 0.3) is 0 Å². The van der Waals surface area contributed by atoms with Gasteiger partial charge in [-0.05, 0) is 38.0 Å². The van der Waals surface area contributed by atoms with E-state index in [0.717, 1.165) is 22.5 Å². The number of rotatable bonds is 5. The summed E-state index contributed by atoms with van der Waals surface area (Å²) >= 11 is 0. The van der Waals surface area contributed by atoms with Gasteiger partial charge in [-0.15, -0.1) is 0 Å². The van der Waals surface area contributed by atoms with Gasteiger partial charge in [0.05, 0.1) is 16.4 Å². The summed E-state index contributed by atoms with van der Waals surface area (Å²) in [4.78, 5) is 11.8. The van der Waals surface area contributed by atoms with Crippen molar-refractivity contribution in [3.63, 3.8) is 0 Å². The average Bonchev–Trinajstić information content (AvgIpc) is 3.11. The van der Waals surface area contributed by atoms with E-state index in [-0.39, 0.29) is 32.5 Å². The molecule has 1 fully saturated rings. The number of nitrogens with zero attached hydrogens (tertiary/aromatic N) is 2. The molecular formula is C18H19F3N2O5S. The number of halogens is 3. The number of carbonyl (C=O) groups is 1. The smallest absolute Gasteiger partial charge is 0.416 e. The number of aromatic nitrogens is 1. The summed E-state index contributed by atoms with van der Waals surface area (Å²) in [5.41, 5.74) is -0.555. The van der Waals surface area contributed by atoms with Crippen LogP contribution in [0.2, 0.25) is 0 Å². The Morgan fingerprint density at radius 3 is 2.55 bits per heavy atom. The molecule has 0 spiro atoms. The first-order valence-electron chi connectivity index (χ1n) is 8.83. The number of hydrogen-bond acceptors (Lipinski definition) is 6. The Balaban J connectivity index is 1.60. The highest BCUT2D eigenvalue weighted by atomic mass is 32.2. The molecule has 0 saturated carbocycles. The van der Waals surface area contributed by atoms with E-state index in [2.05, 4.69) is 5.16 Å². The zero-order valence-corrected chi connectivity index (χ0v) is 16.3. The molecule has 0 atom stereocenters. The molecule has 7 nitrogen and oxygen atoms in total. The maximum atomic E-state index is 12.9. The molecule has 1 aromatic carbocycles. The van der Waals surface area contributed by atoms with Crippen LogP contribution in [0.4, 0.5) is 13.2 Å². The third-order valence-corrected chi connectivity index (χ3v) is 6.52. The van der Waals surface area contributed by atoms with Crippen LogP contribution in [0.5, 0.6) is 0 Å². The van der Waals surface area contributed by atoms with Crippen molar-refractivity contribution >= 4 is 16.0 Å². The highest BCUT2D eigenvalue weighted by molar-refractivity contribution is 7.89. The molecule has 1 aliphatic rings. The number of benzene rings is 1. The SMILES string of the molecule is Cc1cc(COC(=O)C2CCN(S(=O)(=O)c3cccc(C(F)(F)F)c3)CC2)no1. The van der Waals surface area contributed by atoms with E-state index in [1.54, 1.807) is 13.0 Å². The molecule has 1 saturated heterocycles. The Labute approximate surface area is 165 Å². The minimum atomic E-state index is -4.63. The summed E-state index contributed by atoms with van der Waals surface area (Å²) in [5, 5.41) is 3.72. The molecule has 0 N–H and O–H groups in total. The molecule has 29 heavy (non-hydrogen) atoms. The summed E-state index contributed by atoms with van der Waals surface area (Å²) in [6.45, 7) is 1.70. The van der Waals surface area contributed by atoms with Crippen molar-refractivity contribution < 1.29 is 35.6 Å². The Morgan fingerprint density at radius 2 is 1.97 bits per heavy atom. The Kier molecular flexibility index (Phi) is 5.99. The maximum absolute atomic E-state index is 12.9. The zero-order valence-electron chi connectivity index (χ0n) is 15.5. The number of aryl methyl sites for hydroxylation is 1. The lowest BCUT2D eigenvalue weighted by Gasteiger charge is -2.30. The lowest BCUT2D eigenvalue weighted by Crippen LogP contribution is -2.40. The van der Waals surface area contributed by atoms with Gasteiger partial charge in [0, 0.05) is 19.2 Å². The number of ether oxygens (including phenoxy) is 1. The zero-order chi connectivity index (χ0) is 21.2. The predicted octanol–water partition coefficient (Wildman–Crippen LogP) is 3.15. The molecular weight excluding hydrogens is 413 g/mol. The van der Waals surface area contributed by atoms with Gasteiger partial charge in [0.2, 0.25) is 10.0 Å². The van der Waals surface area contributed by atoms with E-state index >= 15 is 0 Å². The average molecular weight is 432 g/mol. The van der Waals surface area contributed by atoms with Crippen LogP contribution in [0.1, 0.15) is 29.9 Å². The van der Waals surface area contributed by atoms with Crippen molar-refractivity contribution in [3.05, 3.63) is 47.3 Å². The molecule has 3 rings (SSSR count). The van der Waals surface area contributed by atoms with Crippen molar-refractivity contribution in [1.82, 2.24) is 9.46 Å². The summed E-state index contributed by atoms with van der Waals surface area (Å²) in [7, 11) is -4.09. The third kappa shape index (κ3) is 4.96. The number of hydrogen-bond donors (Lipinski definition) is 0. The molecule has 1 aliphatic heterocycles. The number of piperidine rings is 1. The van der Waals surface area contributed by atoms with Crippen LogP contribution in [0.3, 0.4) is 0 Å². The largest absolute Gasteiger partial charge is 0.459 e. The van der Waals surface area contributed by atoms with Crippen LogP contribution < -0.4 is 0 Å². The van der Waals surface area contributed by atoms with Gasteiger partial charge in [-0.25, -0.2) is 8.42 Å². The Morgan fingerprint density at radius 1 is 1.28 bits per heavy atom. The quantitative estimate of drug-likeness (QED) is 0.675. The first kappa shape index (κ1) is 21.3. The maximum Gasteiger partial charge on any atom is 0.416 e. The number of esters is 1. The number of alkyl halides is 3. The summed E-state index contributed by atoms with van der Waals surface area (Å²) in [6.07, 6.45) is -4.20. The summed E-state index contributed by atoms with van der Waals surface area (Å²) < 4.78 is 75.1. The molecule has 0 radical (unpaired) electrons. The van der Waals surface area contributed by atoms with E-state index in [1.807, 2.05) is 0 Å². The molecule has 11 heteroatoms. The van der Waals surface area contributed by atoms with Crippen molar-refractivity contribution in [2.24, 2.45) is 5.92 Å². The van der Waals surface area contributed by atoms with E-state index in [1.165, 1.54) is 0 Å². The third-order valence-electron chi connectivity index (χ3n) is 4.63. The van der Waals surface area contributed by atoms with Gasteiger partial charge in [-0.1, -0.05) is 11.2 Å². The van der Waals surface area contributed by atoms with Crippen molar-refractivity contribution in [2.45, 2.75) is 37.4 Å². The van der Waals surface area contributed by atoms with E-state index in [0.29, 0.717) is 17.5 Å². The van der Waals surface area contributed by atoms with Crippen LogP contribution >= 0.6 is 0 Å². The second-order valence-electron chi connectivity index (χ2n) is 6.74. The molecule has 0 unspecified atom stereocenters. The molecule has 0 amide bonds. The van der Waals surface area contributed by atoms with Crippen LogP contribution in [-0.4, -0.2) is 36.9 Å². The lowest BCUT2D eigenvalue weighted by molar-refractivity contribution is -0.151. The molecule has 0 bridgehead atoms. The Hall–Kier alpha value is -2.40. The normalized spacial score (nSPS) is 16.7. The van der Waals surface area contributed by atoms with Crippen molar-refractivity contribution in [3.8, 4) is 0 Å². The fourth-order valence-corrected chi connectivity index (χ4v) is 4.58. The van der Waals surface area contributed by atoms with Gasteiger partial charge in [-0.3, -0.25) is 4.79 Å². The first-order chi connectivity index (χ1) is 13.6. The van der Waals surface area contributed by atoms with Gasteiger partial charge < -0.3 is 9.26 Å². The van der Waals surface area contributed by atoms with E-state index in [4.69, 9.17) is 9.26 Å². The second kappa shape index (κ2) is 8.15. The first-order valence-corrected chi connectivity index (χ1v) is 10.3. The fourth-order valence-electron chi connectivity index (χ4n) is 3.06. The molecule has 2 aromatic rings. The van der Waals surface area contributed by atoms with E-state index in [9.17, 15) is 26.4 Å². The Bertz CT molecular complexity index is 979. The predicted molar refractivity (Wildman–Crippen MR) is 94.0 cm³/mol. The van der Waals surface area contributed by atoms with Gasteiger partial charge >= 0.3 is 12.1 Å². The summed E-state index contributed by atoms with van der Waals surface area (Å²) in [6, 6.07) is 5.26. The highest BCUT2D eigenvalue weighted by Gasteiger charge is 2.35. The minimum absolute atomic E-state index is 0.0153. The topological polar surface area (TPSA) is 89.7 Å². The van der Waals surface area contributed by atoms with Crippen LogP contribution in [-0.2, 0) is 32.3 Å². The molecule has 158 valence electrons. The van der Waals surface area contributed by atoms with Crippen LogP contribution in [0.15, 0.2) is 39.8 Å². The van der Waals surface area contributed by atoms with E-state index < -0.39 is 38.5 Å². The second-order valence-corrected chi connectivity index (χ2v) is 8.68. The van der Waals surface area contributed by atoms with Gasteiger partial charge in [0.15, 0.2) is 0 Å². The molecule has 2 heterocycles. The number of sulfonamides is 1. The minimum Gasteiger partial charge on any atom is -0.459 e. The highest BCUT2D eigenvalue weighted by Crippen LogP contribution is 2.32. The van der Waals surface area contributed by atoms with Gasteiger partial charge in [0.1, 0.15) is 18.1 Å². The number of carbonyl (C=O) groups excluding carboxylic acids is 1. The molecule has 1 aromatic heterocycles. The standard InChI is InChI=1S/C18H19F3N2O5S/c1-12-9-15(22-28-12)11-27-17(24)13-5-7-23(8-6-13)29(25,26)16-4-2-3-14(10-16)18(19,20)21/h2-4,9-10,13H,5-8,11H2,1H3. The fraction of sp³-hybridized carbons (Fsp3) is 0.444. The summed E-state index contributed by atoms with van der Waals surface area (Å²) in [5.74, 6) is -0.373. The van der Waals surface area contributed by atoms with Gasteiger partial charge in [-0.2, -0.15) is 17.5 Å². The van der Waals surface area contributed by atoms with Crippen LogP contribution in [0.25, 0.3) is 0 Å². The lowest BCUT2D eigenvalue weighted by atomic mass is 9.98. The van der Waals surface area contributed by atoms with Crippen LogP contribution in [0, 0.1) is 12.8 Å².